The molecule has 0 spiro atoms. The van der Waals surface area contributed by atoms with Crippen molar-refractivity contribution >= 4 is 22.6 Å². The van der Waals surface area contributed by atoms with Crippen LogP contribution < -0.4 is 5.32 Å². The number of ether oxygens (including phenoxy) is 1. The van der Waals surface area contributed by atoms with Crippen LogP contribution in [-0.2, 0) is 11.3 Å². The number of imidazole rings is 1. The minimum absolute atomic E-state index is 0.409. The summed E-state index contributed by atoms with van der Waals surface area (Å²) in [4.78, 5) is 16.3. The molecule has 150 valence electrons. The van der Waals surface area contributed by atoms with Crippen LogP contribution in [0.2, 0.25) is 0 Å². The van der Waals surface area contributed by atoms with E-state index < -0.39 is 0 Å². The SMILES string of the molecule is COCCn1c(C)nc2ccc(-c3ccn4nc(NC5CN(C)C5)ncc34)nc21. The van der Waals surface area contributed by atoms with E-state index in [1.165, 1.54) is 0 Å². The first-order valence-corrected chi connectivity index (χ1v) is 9.75. The van der Waals surface area contributed by atoms with Gasteiger partial charge in [0.25, 0.3) is 0 Å². The van der Waals surface area contributed by atoms with E-state index in [1.807, 2.05) is 42.0 Å². The number of likely N-dealkylation sites (N-methyl/N-ethyl adjacent to an activating group) is 1. The van der Waals surface area contributed by atoms with Gasteiger partial charge in [-0.15, -0.1) is 5.10 Å². The third-order valence-corrected chi connectivity index (χ3v) is 5.39. The quantitative estimate of drug-likeness (QED) is 0.536. The second-order valence-corrected chi connectivity index (χ2v) is 7.55. The van der Waals surface area contributed by atoms with Crippen molar-refractivity contribution in [2.75, 3.05) is 39.2 Å². The molecular formula is C20H24N8O. The highest BCUT2D eigenvalue weighted by molar-refractivity contribution is 5.82. The molecular weight excluding hydrogens is 368 g/mol. The van der Waals surface area contributed by atoms with Gasteiger partial charge in [0.15, 0.2) is 5.65 Å². The predicted molar refractivity (Wildman–Crippen MR) is 111 cm³/mol. The number of rotatable bonds is 6. The maximum atomic E-state index is 5.23. The number of methoxy groups -OCH3 is 1. The third kappa shape index (κ3) is 3.22. The molecule has 0 bridgehead atoms. The monoisotopic (exact) mass is 392 g/mol. The van der Waals surface area contributed by atoms with Crippen LogP contribution in [0.5, 0.6) is 0 Å². The Kier molecular flexibility index (Phi) is 4.40. The summed E-state index contributed by atoms with van der Waals surface area (Å²) < 4.78 is 9.18. The number of aromatic nitrogens is 6. The molecule has 0 radical (unpaired) electrons. The van der Waals surface area contributed by atoms with E-state index in [4.69, 9.17) is 9.72 Å². The summed E-state index contributed by atoms with van der Waals surface area (Å²) in [5.74, 6) is 1.58. The molecule has 5 rings (SSSR count). The van der Waals surface area contributed by atoms with Crippen LogP contribution >= 0.6 is 0 Å². The van der Waals surface area contributed by atoms with Crippen LogP contribution in [0, 0.1) is 6.92 Å². The molecule has 29 heavy (non-hydrogen) atoms. The Morgan fingerprint density at radius 3 is 2.86 bits per heavy atom. The number of nitrogens with one attached hydrogen (secondary N) is 1. The Bertz CT molecular complexity index is 1170. The molecule has 1 aliphatic rings. The molecule has 9 heteroatoms. The molecule has 1 aliphatic heterocycles. The lowest BCUT2D eigenvalue weighted by molar-refractivity contribution is 0.187. The molecule has 0 atom stereocenters. The van der Waals surface area contributed by atoms with Gasteiger partial charge in [0.1, 0.15) is 11.3 Å². The zero-order valence-corrected chi connectivity index (χ0v) is 16.8. The van der Waals surface area contributed by atoms with Gasteiger partial charge in [-0.05, 0) is 32.2 Å². The fourth-order valence-corrected chi connectivity index (χ4v) is 3.87. The zero-order valence-electron chi connectivity index (χ0n) is 16.8. The van der Waals surface area contributed by atoms with Gasteiger partial charge in [-0.2, -0.15) is 0 Å². The fraction of sp³-hybridized carbons (Fsp3) is 0.400. The second kappa shape index (κ2) is 7.09. The Labute approximate surface area is 168 Å². The van der Waals surface area contributed by atoms with Crippen molar-refractivity contribution in [3.63, 3.8) is 0 Å². The largest absolute Gasteiger partial charge is 0.383 e. The van der Waals surface area contributed by atoms with E-state index in [2.05, 4.69) is 36.9 Å². The van der Waals surface area contributed by atoms with E-state index in [1.54, 1.807) is 7.11 Å². The number of likely N-dealkylation sites (tertiary alicyclic amines) is 1. The normalized spacial score (nSPS) is 15.3. The van der Waals surface area contributed by atoms with E-state index in [9.17, 15) is 0 Å². The van der Waals surface area contributed by atoms with Gasteiger partial charge in [-0.1, -0.05) is 0 Å². The summed E-state index contributed by atoms with van der Waals surface area (Å²) in [5, 5.41) is 7.99. The van der Waals surface area contributed by atoms with Crippen molar-refractivity contribution in [3.05, 3.63) is 36.4 Å². The summed E-state index contributed by atoms with van der Waals surface area (Å²) in [6.07, 6.45) is 3.80. The Balaban J connectivity index is 1.49. The minimum atomic E-state index is 0.409. The lowest BCUT2D eigenvalue weighted by Crippen LogP contribution is -2.52. The lowest BCUT2D eigenvalue weighted by Gasteiger charge is -2.36. The standard InChI is InChI=1S/C20H24N8O/c1-13-22-17-5-4-16(24-19(17)27(13)8-9-29-3)15-6-7-28-18(15)10-21-20(25-28)23-14-11-26(2)12-14/h4-7,10,14H,8-9,11-12H2,1-3H3,(H,23,25). The predicted octanol–water partition coefficient (Wildman–Crippen LogP) is 1.82. The first-order valence-electron chi connectivity index (χ1n) is 9.75. The summed E-state index contributed by atoms with van der Waals surface area (Å²) in [7, 11) is 3.81. The van der Waals surface area contributed by atoms with E-state index in [-0.39, 0.29) is 0 Å². The van der Waals surface area contributed by atoms with E-state index in [0.717, 1.165) is 53.4 Å². The lowest BCUT2D eigenvalue weighted by atomic mass is 10.1. The summed E-state index contributed by atoms with van der Waals surface area (Å²) in [6, 6.07) is 6.46. The molecule has 4 aromatic heterocycles. The molecule has 9 nitrogen and oxygen atoms in total. The fourth-order valence-electron chi connectivity index (χ4n) is 3.87. The minimum Gasteiger partial charge on any atom is -0.383 e. The molecule has 0 saturated carbocycles. The van der Waals surface area contributed by atoms with Crippen LogP contribution in [0.15, 0.2) is 30.6 Å². The van der Waals surface area contributed by atoms with E-state index in [0.29, 0.717) is 18.6 Å². The molecule has 1 saturated heterocycles. The van der Waals surface area contributed by atoms with Crippen LogP contribution in [0.3, 0.4) is 0 Å². The summed E-state index contributed by atoms with van der Waals surface area (Å²) in [5.41, 5.74) is 4.55. The number of nitrogens with zero attached hydrogens (tertiary/aromatic N) is 7. The highest BCUT2D eigenvalue weighted by Crippen LogP contribution is 2.26. The van der Waals surface area contributed by atoms with Crippen molar-refractivity contribution < 1.29 is 4.74 Å². The first-order chi connectivity index (χ1) is 14.1. The molecule has 4 aromatic rings. The van der Waals surface area contributed by atoms with Crippen molar-refractivity contribution in [2.45, 2.75) is 19.5 Å². The molecule has 0 aliphatic carbocycles. The number of aryl methyl sites for hydroxylation is 1. The van der Waals surface area contributed by atoms with Gasteiger partial charge in [-0.3, -0.25) is 0 Å². The average molecular weight is 392 g/mol. The highest BCUT2D eigenvalue weighted by Gasteiger charge is 2.23. The van der Waals surface area contributed by atoms with Gasteiger partial charge >= 0.3 is 0 Å². The van der Waals surface area contributed by atoms with Gasteiger partial charge in [0, 0.05) is 38.5 Å². The Morgan fingerprint density at radius 2 is 2.07 bits per heavy atom. The number of fused-ring (bicyclic) bond motifs is 2. The number of hydrogen-bond donors (Lipinski definition) is 1. The van der Waals surface area contributed by atoms with Gasteiger partial charge in [0.2, 0.25) is 5.95 Å². The molecule has 5 heterocycles. The zero-order chi connectivity index (χ0) is 20.0. The number of anilines is 1. The van der Waals surface area contributed by atoms with Crippen molar-refractivity contribution in [1.29, 1.82) is 0 Å². The van der Waals surface area contributed by atoms with Gasteiger partial charge in [0.05, 0.1) is 30.1 Å². The molecule has 0 unspecified atom stereocenters. The third-order valence-electron chi connectivity index (χ3n) is 5.39. The molecule has 1 N–H and O–H groups in total. The number of hydrogen-bond acceptors (Lipinski definition) is 7. The van der Waals surface area contributed by atoms with Crippen LogP contribution in [-0.4, -0.2) is 73.9 Å². The molecule has 0 aromatic carbocycles. The van der Waals surface area contributed by atoms with Gasteiger partial charge in [-0.25, -0.2) is 19.5 Å². The number of pyridine rings is 1. The van der Waals surface area contributed by atoms with Crippen LogP contribution in [0.4, 0.5) is 5.95 Å². The summed E-state index contributed by atoms with van der Waals surface area (Å²) >= 11 is 0. The smallest absolute Gasteiger partial charge is 0.241 e. The average Bonchev–Trinajstić information content (AvgIpc) is 3.24. The van der Waals surface area contributed by atoms with Crippen molar-refractivity contribution in [1.82, 2.24) is 34.0 Å². The maximum absolute atomic E-state index is 5.23. The Hall–Kier alpha value is -3.04. The van der Waals surface area contributed by atoms with Crippen molar-refractivity contribution in [2.24, 2.45) is 0 Å². The maximum Gasteiger partial charge on any atom is 0.241 e. The summed E-state index contributed by atoms with van der Waals surface area (Å²) in [6.45, 7) is 5.36. The van der Waals surface area contributed by atoms with Crippen LogP contribution in [0.25, 0.3) is 27.9 Å². The second-order valence-electron chi connectivity index (χ2n) is 7.55. The highest BCUT2D eigenvalue weighted by atomic mass is 16.5. The first kappa shape index (κ1) is 18.0. The van der Waals surface area contributed by atoms with Gasteiger partial charge < -0.3 is 19.5 Å². The topological polar surface area (TPSA) is 85.4 Å². The molecule has 0 amide bonds. The Morgan fingerprint density at radius 1 is 1.21 bits per heavy atom. The van der Waals surface area contributed by atoms with Crippen LogP contribution in [0.1, 0.15) is 5.82 Å². The van der Waals surface area contributed by atoms with Crippen molar-refractivity contribution in [3.8, 4) is 11.3 Å². The molecule has 1 fully saturated rings. The van der Waals surface area contributed by atoms with E-state index >= 15 is 0 Å².